The summed E-state index contributed by atoms with van der Waals surface area (Å²) in [5.41, 5.74) is 0.588. The van der Waals surface area contributed by atoms with Gasteiger partial charge >= 0.3 is 5.97 Å². The average molecular weight is 310 g/mol. The van der Waals surface area contributed by atoms with Gasteiger partial charge in [-0.1, -0.05) is 0 Å². The van der Waals surface area contributed by atoms with Crippen LogP contribution in [0.4, 0.5) is 0 Å². The summed E-state index contributed by atoms with van der Waals surface area (Å²) in [6.07, 6.45) is 3.04. The number of hydrogen-bond donors (Lipinski definition) is 1. The van der Waals surface area contributed by atoms with E-state index in [4.69, 9.17) is 4.74 Å². The van der Waals surface area contributed by atoms with E-state index in [0.717, 1.165) is 30.8 Å². The van der Waals surface area contributed by atoms with Crippen LogP contribution < -0.4 is 0 Å². The third kappa shape index (κ3) is 4.17. The summed E-state index contributed by atoms with van der Waals surface area (Å²) in [5.74, 6) is 1.03. The molecule has 2 rings (SSSR count). The molecular weight excluding hydrogens is 288 g/mol. The number of aromatic carboxylic acids is 1. The van der Waals surface area contributed by atoms with Crippen molar-refractivity contribution in [2.45, 2.75) is 56.6 Å². The molecule has 1 aliphatic carbocycles. The van der Waals surface area contributed by atoms with E-state index >= 15 is 0 Å². The fourth-order valence-corrected chi connectivity index (χ4v) is 3.26. The Hall–Kier alpha value is -1.14. The number of hydrogen-bond acceptors (Lipinski definition) is 5. The molecule has 0 amide bonds. The third-order valence-corrected chi connectivity index (χ3v) is 4.70. The maximum atomic E-state index is 11.4. The van der Waals surface area contributed by atoms with E-state index < -0.39 is 5.97 Å². The lowest BCUT2D eigenvalue weighted by Crippen LogP contribution is -2.23. The maximum absolute atomic E-state index is 11.4. The van der Waals surface area contributed by atoms with Gasteiger partial charge in [0.1, 0.15) is 16.4 Å². The summed E-state index contributed by atoms with van der Waals surface area (Å²) < 4.78 is 5.39. The molecule has 1 N–H and O–H groups in total. The lowest BCUT2D eigenvalue weighted by atomic mass is 10.1. The van der Waals surface area contributed by atoms with Gasteiger partial charge in [0.2, 0.25) is 0 Å². The van der Waals surface area contributed by atoms with Crippen molar-refractivity contribution < 1.29 is 14.6 Å². The van der Waals surface area contributed by atoms with Crippen molar-refractivity contribution >= 4 is 17.7 Å². The Morgan fingerprint density at radius 3 is 2.62 bits per heavy atom. The van der Waals surface area contributed by atoms with Crippen LogP contribution >= 0.6 is 11.8 Å². The molecule has 21 heavy (non-hydrogen) atoms. The van der Waals surface area contributed by atoms with Crippen LogP contribution in [0.25, 0.3) is 0 Å². The van der Waals surface area contributed by atoms with Gasteiger partial charge in [0.05, 0.1) is 11.3 Å². The molecule has 0 aliphatic heterocycles. The second-order valence-corrected chi connectivity index (χ2v) is 7.07. The van der Waals surface area contributed by atoms with E-state index in [1.807, 2.05) is 13.8 Å². The highest BCUT2D eigenvalue weighted by Crippen LogP contribution is 2.39. The number of aromatic nitrogens is 2. The molecule has 0 saturated heterocycles. The Kier molecular flexibility index (Phi) is 4.88. The summed E-state index contributed by atoms with van der Waals surface area (Å²) in [6, 6.07) is 0. The zero-order valence-electron chi connectivity index (χ0n) is 13.0. The number of ether oxygens (including phenoxy) is 1. The first-order valence-corrected chi connectivity index (χ1v) is 8.12. The highest BCUT2D eigenvalue weighted by atomic mass is 32.2. The molecule has 1 aromatic heterocycles. The summed E-state index contributed by atoms with van der Waals surface area (Å²) in [6.45, 7) is 5.79. The van der Waals surface area contributed by atoms with Crippen LogP contribution in [0.15, 0.2) is 5.03 Å². The number of carbonyl (C=O) groups is 1. The molecule has 0 aromatic carbocycles. The summed E-state index contributed by atoms with van der Waals surface area (Å²) in [5, 5.41) is 9.97. The summed E-state index contributed by atoms with van der Waals surface area (Å²) in [7, 11) is 1.69. The van der Waals surface area contributed by atoms with Gasteiger partial charge in [0, 0.05) is 18.8 Å². The van der Waals surface area contributed by atoms with Crippen molar-refractivity contribution in [3.63, 3.8) is 0 Å². The third-order valence-electron chi connectivity index (χ3n) is 3.73. The van der Waals surface area contributed by atoms with Crippen LogP contribution in [0.3, 0.4) is 0 Å². The van der Waals surface area contributed by atoms with Gasteiger partial charge in [-0.25, -0.2) is 14.8 Å². The van der Waals surface area contributed by atoms with Gasteiger partial charge < -0.3 is 9.84 Å². The quantitative estimate of drug-likeness (QED) is 0.615. The van der Waals surface area contributed by atoms with Crippen LogP contribution in [-0.2, 0) is 4.74 Å². The van der Waals surface area contributed by atoms with E-state index in [0.29, 0.717) is 16.6 Å². The molecule has 0 spiro atoms. The molecule has 5 nitrogen and oxygen atoms in total. The first-order chi connectivity index (χ1) is 9.84. The van der Waals surface area contributed by atoms with Crippen molar-refractivity contribution in [3.05, 3.63) is 17.1 Å². The normalized spacial score (nSPS) is 15.2. The Morgan fingerprint density at radius 1 is 1.43 bits per heavy atom. The summed E-state index contributed by atoms with van der Waals surface area (Å²) in [4.78, 5) is 20.3. The predicted molar refractivity (Wildman–Crippen MR) is 82.1 cm³/mol. The van der Waals surface area contributed by atoms with Crippen molar-refractivity contribution in [2.75, 3.05) is 12.9 Å². The molecule has 1 aliphatic rings. The molecule has 116 valence electrons. The topological polar surface area (TPSA) is 72.3 Å². The Bertz CT molecular complexity index is 542. The number of rotatable bonds is 7. The predicted octanol–water partition coefficient (Wildman–Crippen LogP) is 3.27. The SMILES string of the molecule is COC(C)(C)CCSc1nc(C2CC2)nc(C)c1C(=O)O. The smallest absolute Gasteiger partial charge is 0.340 e. The number of carboxylic acid groups (broad SMARTS) is 1. The highest BCUT2D eigenvalue weighted by molar-refractivity contribution is 7.99. The highest BCUT2D eigenvalue weighted by Gasteiger charge is 2.29. The molecular formula is C15H22N2O3S. The van der Waals surface area contributed by atoms with Gasteiger partial charge in [0.25, 0.3) is 0 Å². The standard InChI is InChI=1S/C15H22N2O3S/c1-9-11(14(18)19)13(17-12(16-9)10-5-6-10)21-8-7-15(2,3)20-4/h10H,5-8H2,1-4H3,(H,18,19). The van der Waals surface area contributed by atoms with Crippen molar-refractivity contribution in [2.24, 2.45) is 0 Å². The van der Waals surface area contributed by atoms with Crippen molar-refractivity contribution in [1.29, 1.82) is 0 Å². The largest absolute Gasteiger partial charge is 0.478 e. The van der Waals surface area contributed by atoms with Crippen LogP contribution in [0.2, 0.25) is 0 Å². The maximum Gasteiger partial charge on any atom is 0.340 e. The van der Waals surface area contributed by atoms with Crippen LogP contribution in [0, 0.1) is 6.92 Å². The fourth-order valence-electron chi connectivity index (χ4n) is 1.94. The number of nitrogens with zero attached hydrogens (tertiary/aromatic N) is 2. The first kappa shape index (κ1) is 16.2. The minimum atomic E-state index is -0.955. The van der Waals surface area contributed by atoms with Crippen LogP contribution in [-0.4, -0.2) is 39.5 Å². The average Bonchev–Trinajstić information content (AvgIpc) is 3.21. The number of aryl methyl sites for hydroxylation is 1. The lowest BCUT2D eigenvalue weighted by molar-refractivity contribution is 0.0206. The van der Waals surface area contributed by atoms with E-state index in [-0.39, 0.29) is 11.2 Å². The van der Waals surface area contributed by atoms with E-state index in [1.165, 1.54) is 11.8 Å². The lowest BCUT2D eigenvalue weighted by Gasteiger charge is -2.22. The second-order valence-electron chi connectivity index (χ2n) is 5.99. The van der Waals surface area contributed by atoms with Gasteiger partial charge in [-0.15, -0.1) is 11.8 Å². The van der Waals surface area contributed by atoms with Gasteiger partial charge in [0.15, 0.2) is 0 Å². The summed E-state index contributed by atoms with van der Waals surface area (Å²) >= 11 is 1.48. The monoisotopic (exact) mass is 310 g/mol. The molecule has 1 saturated carbocycles. The van der Waals surface area contributed by atoms with Crippen LogP contribution in [0.5, 0.6) is 0 Å². The van der Waals surface area contributed by atoms with Crippen LogP contribution in [0.1, 0.15) is 60.9 Å². The second kappa shape index (κ2) is 6.32. The zero-order valence-corrected chi connectivity index (χ0v) is 13.8. The molecule has 6 heteroatoms. The zero-order chi connectivity index (χ0) is 15.6. The first-order valence-electron chi connectivity index (χ1n) is 7.14. The van der Waals surface area contributed by atoms with E-state index in [9.17, 15) is 9.90 Å². The number of carboxylic acids is 1. The number of methoxy groups -OCH3 is 1. The van der Waals surface area contributed by atoms with Gasteiger partial charge in [-0.2, -0.15) is 0 Å². The van der Waals surface area contributed by atoms with E-state index in [2.05, 4.69) is 9.97 Å². The van der Waals surface area contributed by atoms with Crippen molar-refractivity contribution in [1.82, 2.24) is 9.97 Å². The molecule has 0 unspecified atom stereocenters. The molecule has 0 bridgehead atoms. The Morgan fingerprint density at radius 2 is 2.10 bits per heavy atom. The minimum absolute atomic E-state index is 0.211. The molecule has 0 atom stereocenters. The minimum Gasteiger partial charge on any atom is -0.478 e. The fraction of sp³-hybridized carbons (Fsp3) is 0.667. The van der Waals surface area contributed by atoms with Gasteiger partial charge in [-0.05, 0) is 40.0 Å². The van der Waals surface area contributed by atoms with E-state index in [1.54, 1.807) is 14.0 Å². The number of thioether (sulfide) groups is 1. The molecule has 1 heterocycles. The van der Waals surface area contributed by atoms with Crippen molar-refractivity contribution in [3.8, 4) is 0 Å². The molecule has 1 aromatic rings. The molecule has 0 radical (unpaired) electrons. The van der Waals surface area contributed by atoms with Gasteiger partial charge in [-0.3, -0.25) is 0 Å². The Labute approximate surface area is 129 Å². The Balaban J connectivity index is 2.17. The molecule has 1 fully saturated rings.